The zero-order chi connectivity index (χ0) is 15.9. The highest BCUT2D eigenvalue weighted by molar-refractivity contribution is 6.34. The lowest BCUT2D eigenvalue weighted by atomic mass is 10.2. The highest BCUT2D eigenvalue weighted by atomic mass is 35.5. The fraction of sp³-hybridized carbons (Fsp3) is 0. The van der Waals surface area contributed by atoms with Crippen LogP contribution < -0.4 is 10.2 Å². The highest BCUT2D eigenvalue weighted by Gasteiger charge is 2.29. The molecule has 0 radical (unpaired) electrons. The first-order chi connectivity index (χ1) is 10.5. The SMILES string of the molecule is O=[N+]([O-])c1c(Cl)cc2c(no[n+]2[O-])c1Nc1ccc(Cl)cc1. The number of rotatable bonds is 3. The van der Waals surface area contributed by atoms with Crippen molar-refractivity contribution in [3.05, 3.63) is 55.7 Å². The van der Waals surface area contributed by atoms with Crippen LogP contribution in [-0.4, -0.2) is 10.1 Å². The van der Waals surface area contributed by atoms with Crippen molar-refractivity contribution in [2.24, 2.45) is 0 Å². The second-order valence-corrected chi connectivity index (χ2v) is 5.11. The molecule has 0 spiro atoms. The van der Waals surface area contributed by atoms with Crippen molar-refractivity contribution >= 4 is 51.3 Å². The maximum absolute atomic E-state index is 11.5. The summed E-state index contributed by atoms with van der Waals surface area (Å²) in [6.45, 7) is 0. The number of nitro benzene ring substituents is 1. The van der Waals surface area contributed by atoms with E-state index in [4.69, 9.17) is 23.2 Å². The number of aromatic nitrogens is 2. The molecule has 0 saturated heterocycles. The molecule has 0 aliphatic carbocycles. The van der Waals surface area contributed by atoms with Crippen LogP contribution in [0.25, 0.3) is 11.0 Å². The molecule has 1 N–H and O–H groups in total. The molecule has 1 heterocycles. The molecule has 2 aromatic carbocycles. The average molecular weight is 341 g/mol. The van der Waals surface area contributed by atoms with Crippen molar-refractivity contribution in [3.63, 3.8) is 0 Å². The third-order valence-electron chi connectivity index (χ3n) is 2.90. The van der Waals surface area contributed by atoms with Crippen molar-refractivity contribution in [2.45, 2.75) is 0 Å². The Kier molecular flexibility index (Phi) is 3.47. The third kappa shape index (κ3) is 2.38. The van der Waals surface area contributed by atoms with E-state index in [0.717, 1.165) is 6.07 Å². The van der Waals surface area contributed by atoms with Crippen molar-refractivity contribution in [1.29, 1.82) is 0 Å². The lowest BCUT2D eigenvalue weighted by Gasteiger charge is -2.07. The molecule has 10 heteroatoms. The van der Waals surface area contributed by atoms with Crippen LogP contribution >= 0.6 is 23.2 Å². The van der Waals surface area contributed by atoms with Gasteiger partial charge in [-0.25, -0.2) is 0 Å². The topological polar surface area (TPSA) is 108 Å². The summed E-state index contributed by atoms with van der Waals surface area (Å²) < 4.78 is 4.47. The number of nitrogens with one attached hydrogen (secondary N) is 1. The van der Waals surface area contributed by atoms with Crippen LogP contribution in [0.5, 0.6) is 0 Å². The van der Waals surface area contributed by atoms with E-state index in [2.05, 4.69) is 15.1 Å². The van der Waals surface area contributed by atoms with E-state index in [-0.39, 0.29) is 26.6 Å². The lowest BCUT2D eigenvalue weighted by Crippen LogP contribution is -2.22. The maximum atomic E-state index is 11.5. The smallest absolute Gasteiger partial charge is 0.316 e. The van der Waals surface area contributed by atoms with Crippen molar-refractivity contribution in [2.75, 3.05) is 5.32 Å². The normalized spacial score (nSPS) is 10.8. The van der Waals surface area contributed by atoms with Gasteiger partial charge in [0, 0.05) is 21.9 Å². The second kappa shape index (κ2) is 5.32. The number of hydrogen-bond acceptors (Lipinski definition) is 6. The fourth-order valence-corrected chi connectivity index (χ4v) is 2.34. The molecule has 0 unspecified atom stereocenters. The molecule has 0 amide bonds. The van der Waals surface area contributed by atoms with Gasteiger partial charge in [0.05, 0.1) is 4.92 Å². The minimum absolute atomic E-state index is 0.000972. The van der Waals surface area contributed by atoms with Crippen LogP contribution in [-0.2, 0) is 0 Å². The van der Waals surface area contributed by atoms with Crippen LogP contribution in [0.15, 0.2) is 35.0 Å². The Morgan fingerprint density at radius 3 is 2.59 bits per heavy atom. The molecule has 1 aromatic heterocycles. The van der Waals surface area contributed by atoms with Gasteiger partial charge in [0.2, 0.25) is 5.52 Å². The van der Waals surface area contributed by atoms with Gasteiger partial charge < -0.3 is 10.5 Å². The summed E-state index contributed by atoms with van der Waals surface area (Å²) in [6.07, 6.45) is 0. The van der Waals surface area contributed by atoms with Gasteiger partial charge in [-0.3, -0.25) is 14.7 Å². The lowest BCUT2D eigenvalue weighted by molar-refractivity contribution is -0.782. The van der Waals surface area contributed by atoms with E-state index in [1.54, 1.807) is 24.3 Å². The molecule has 112 valence electrons. The first kappa shape index (κ1) is 14.4. The number of hydrogen-bond donors (Lipinski definition) is 1. The molecule has 0 bridgehead atoms. The average Bonchev–Trinajstić information content (AvgIpc) is 2.82. The Balaban J connectivity index is 2.22. The highest BCUT2D eigenvalue weighted by Crippen LogP contribution is 2.39. The predicted molar refractivity (Wildman–Crippen MR) is 79.4 cm³/mol. The largest absolute Gasteiger partial charge is 0.359 e. The van der Waals surface area contributed by atoms with Crippen LogP contribution in [0.1, 0.15) is 0 Å². The van der Waals surface area contributed by atoms with E-state index < -0.39 is 10.6 Å². The number of nitro groups is 1. The van der Waals surface area contributed by atoms with Gasteiger partial charge in [-0.05, 0) is 29.2 Å². The van der Waals surface area contributed by atoms with Crippen molar-refractivity contribution in [1.82, 2.24) is 5.16 Å². The van der Waals surface area contributed by atoms with Gasteiger partial charge in [0.15, 0.2) is 5.69 Å². The molecular weight excluding hydrogens is 335 g/mol. The molecule has 0 aliphatic rings. The van der Waals surface area contributed by atoms with Gasteiger partial charge in [0.25, 0.3) is 5.52 Å². The van der Waals surface area contributed by atoms with Gasteiger partial charge in [-0.15, -0.1) is 0 Å². The zero-order valence-corrected chi connectivity index (χ0v) is 12.1. The zero-order valence-electron chi connectivity index (χ0n) is 10.6. The Hall–Kier alpha value is -2.58. The Morgan fingerprint density at radius 2 is 1.95 bits per heavy atom. The standard InChI is InChI=1S/C12H6Cl2N4O4/c13-6-1-3-7(4-2-6)15-11-10-9(18(21)22-16-10)5-8(14)12(11)17(19)20/h1-5,15H. The number of fused-ring (bicyclic) bond motifs is 1. The fourth-order valence-electron chi connectivity index (χ4n) is 1.94. The molecule has 0 atom stereocenters. The van der Waals surface area contributed by atoms with Crippen LogP contribution in [0, 0.1) is 15.3 Å². The Morgan fingerprint density at radius 1 is 1.27 bits per heavy atom. The summed E-state index contributed by atoms with van der Waals surface area (Å²) >= 11 is 11.7. The molecule has 8 nitrogen and oxygen atoms in total. The molecular formula is C12H6Cl2N4O4. The number of benzene rings is 2. The second-order valence-electron chi connectivity index (χ2n) is 4.27. The first-order valence-corrected chi connectivity index (χ1v) is 6.62. The van der Waals surface area contributed by atoms with E-state index >= 15 is 0 Å². The monoisotopic (exact) mass is 340 g/mol. The van der Waals surface area contributed by atoms with E-state index in [1.165, 1.54) is 0 Å². The number of nitrogens with zero attached hydrogens (tertiary/aromatic N) is 3. The summed E-state index contributed by atoms with van der Waals surface area (Å²) in [7, 11) is 0. The first-order valence-electron chi connectivity index (χ1n) is 5.86. The van der Waals surface area contributed by atoms with E-state index in [1.807, 2.05) is 0 Å². The van der Waals surface area contributed by atoms with Gasteiger partial charge in [-0.1, -0.05) is 23.2 Å². The van der Waals surface area contributed by atoms with E-state index in [9.17, 15) is 15.3 Å². The van der Waals surface area contributed by atoms with Crippen LogP contribution in [0.2, 0.25) is 10.0 Å². The molecule has 22 heavy (non-hydrogen) atoms. The minimum Gasteiger partial charge on any atom is -0.359 e. The minimum atomic E-state index is -0.663. The summed E-state index contributed by atoms with van der Waals surface area (Å²) in [4.78, 5) is 10.7. The third-order valence-corrected chi connectivity index (χ3v) is 3.45. The van der Waals surface area contributed by atoms with Crippen LogP contribution in [0.4, 0.5) is 17.1 Å². The predicted octanol–water partition coefficient (Wildman–Crippen LogP) is 3.42. The van der Waals surface area contributed by atoms with Crippen LogP contribution in [0.3, 0.4) is 0 Å². The summed E-state index contributed by atoms with van der Waals surface area (Å²) in [5, 5.41) is 29.4. The van der Waals surface area contributed by atoms with Gasteiger partial charge in [0.1, 0.15) is 5.02 Å². The summed E-state index contributed by atoms with van der Waals surface area (Å²) in [5.41, 5.74) is 0.0517. The number of halogens is 2. The summed E-state index contributed by atoms with van der Waals surface area (Å²) in [6, 6.07) is 7.57. The quantitative estimate of drug-likeness (QED) is 0.444. The molecule has 3 rings (SSSR count). The van der Waals surface area contributed by atoms with E-state index in [0.29, 0.717) is 10.7 Å². The Labute approximate surface area is 132 Å². The van der Waals surface area contributed by atoms with Gasteiger partial charge in [-0.2, -0.15) is 0 Å². The Bertz CT molecular complexity index is 879. The maximum Gasteiger partial charge on any atom is 0.316 e. The summed E-state index contributed by atoms with van der Waals surface area (Å²) in [5.74, 6) is 0. The molecule has 0 aliphatic heterocycles. The molecule has 0 fully saturated rings. The van der Waals surface area contributed by atoms with Gasteiger partial charge >= 0.3 is 5.69 Å². The van der Waals surface area contributed by atoms with Crippen molar-refractivity contribution < 1.29 is 14.5 Å². The molecule has 0 saturated carbocycles. The molecule has 3 aromatic rings. The van der Waals surface area contributed by atoms with Crippen molar-refractivity contribution in [3.8, 4) is 0 Å². The number of anilines is 2.